The van der Waals surface area contributed by atoms with Crippen molar-refractivity contribution in [1.82, 2.24) is 14.9 Å². The van der Waals surface area contributed by atoms with Crippen LogP contribution in [-0.2, 0) is 30.7 Å². The Morgan fingerprint density at radius 1 is 1.04 bits per heavy atom. The standard InChI is InChI=1S/C36H44ClFN4O6S/c1-24-22-39-23-28(42(24)49(45,46)29-9-4-3-5-10-29)8-6-11-30-31(38)12-7-13-32(30)40-35(43)34(41-36(44)47-2)33(26-18-20-48-21-19-26)25-14-16-27(37)17-15-25/h3-5,7,9-10,12-17,24,26,28,33-34,39H,6,8,11,18-23H2,1-2H3,(H,40,43)(H,41,44)/t24-,28+,33+,34+/m1/s1. The molecule has 0 spiro atoms. The topological polar surface area (TPSA) is 126 Å². The van der Waals surface area contributed by atoms with Crippen LogP contribution in [0.3, 0.4) is 0 Å². The maximum absolute atomic E-state index is 15.4. The fourth-order valence-electron chi connectivity index (χ4n) is 7.03. The minimum Gasteiger partial charge on any atom is -0.453 e. The summed E-state index contributed by atoms with van der Waals surface area (Å²) >= 11 is 6.19. The molecule has 0 bridgehead atoms. The predicted octanol–water partition coefficient (Wildman–Crippen LogP) is 5.73. The van der Waals surface area contributed by atoms with E-state index >= 15 is 4.39 Å². The number of carbonyl (C=O) groups excluding carboxylic acids is 2. The van der Waals surface area contributed by atoms with Crippen molar-refractivity contribution in [2.24, 2.45) is 5.92 Å². The minimum atomic E-state index is -3.75. The lowest BCUT2D eigenvalue weighted by Gasteiger charge is -2.40. The lowest BCUT2D eigenvalue weighted by molar-refractivity contribution is -0.119. The molecule has 264 valence electrons. The van der Waals surface area contributed by atoms with Gasteiger partial charge in [-0.05, 0) is 86.9 Å². The SMILES string of the molecule is COC(=O)N[C@H](C(=O)Nc1cccc(F)c1CCC[C@H]1CNC[C@@H](C)N1S(=O)(=O)c1ccccc1)[C@@H](c1ccc(Cl)cc1)C1CCOCC1. The fraction of sp³-hybridized carbons (Fsp3) is 0.444. The van der Waals surface area contributed by atoms with Crippen LogP contribution in [0.4, 0.5) is 14.9 Å². The molecule has 0 radical (unpaired) electrons. The molecular weight excluding hydrogens is 671 g/mol. The Bertz CT molecular complexity index is 1670. The van der Waals surface area contributed by atoms with E-state index in [4.69, 9.17) is 21.1 Å². The van der Waals surface area contributed by atoms with Crippen molar-refractivity contribution in [3.05, 3.63) is 94.8 Å². The highest BCUT2D eigenvalue weighted by atomic mass is 35.5. The number of sulfonamides is 1. The molecule has 0 saturated carbocycles. The number of halogens is 2. The summed E-state index contributed by atoms with van der Waals surface area (Å²) in [6.07, 6.45) is 1.77. The van der Waals surface area contributed by atoms with Crippen LogP contribution in [0, 0.1) is 11.7 Å². The first-order chi connectivity index (χ1) is 23.6. The zero-order chi connectivity index (χ0) is 35.0. The molecule has 2 heterocycles. The number of methoxy groups -OCH3 is 1. The molecule has 0 unspecified atom stereocenters. The molecule has 49 heavy (non-hydrogen) atoms. The van der Waals surface area contributed by atoms with Crippen LogP contribution in [0.15, 0.2) is 77.7 Å². The highest BCUT2D eigenvalue weighted by Crippen LogP contribution is 2.36. The summed E-state index contributed by atoms with van der Waals surface area (Å²) < 4.78 is 54.8. The fourth-order valence-corrected chi connectivity index (χ4v) is 9.02. The molecule has 2 fully saturated rings. The molecule has 0 aliphatic carbocycles. The Morgan fingerprint density at radius 3 is 2.45 bits per heavy atom. The van der Waals surface area contributed by atoms with Crippen molar-refractivity contribution in [2.75, 3.05) is 38.7 Å². The number of amides is 2. The van der Waals surface area contributed by atoms with Gasteiger partial charge in [0.05, 0.1) is 12.0 Å². The first-order valence-corrected chi connectivity index (χ1v) is 18.5. The quantitative estimate of drug-likeness (QED) is 0.219. The highest BCUT2D eigenvalue weighted by Gasteiger charge is 2.39. The molecule has 3 aromatic carbocycles. The van der Waals surface area contributed by atoms with Gasteiger partial charge in [-0.15, -0.1) is 0 Å². The van der Waals surface area contributed by atoms with Gasteiger partial charge < -0.3 is 25.4 Å². The zero-order valence-corrected chi connectivity index (χ0v) is 29.3. The lowest BCUT2D eigenvalue weighted by Crippen LogP contribution is -2.58. The lowest BCUT2D eigenvalue weighted by atomic mass is 9.76. The summed E-state index contributed by atoms with van der Waals surface area (Å²) in [5.41, 5.74) is 1.40. The number of hydrogen-bond donors (Lipinski definition) is 3. The van der Waals surface area contributed by atoms with Crippen LogP contribution in [0.2, 0.25) is 5.02 Å². The van der Waals surface area contributed by atoms with Crippen molar-refractivity contribution < 1.29 is 31.9 Å². The molecule has 4 atom stereocenters. The van der Waals surface area contributed by atoms with Gasteiger partial charge in [-0.1, -0.05) is 48.0 Å². The number of nitrogens with one attached hydrogen (secondary N) is 3. The molecule has 5 rings (SSSR count). The van der Waals surface area contributed by atoms with E-state index in [9.17, 15) is 18.0 Å². The highest BCUT2D eigenvalue weighted by molar-refractivity contribution is 7.89. The van der Waals surface area contributed by atoms with Gasteiger partial charge in [0.1, 0.15) is 11.9 Å². The number of alkyl carbamates (subject to hydrolysis) is 1. The van der Waals surface area contributed by atoms with E-state index in [1.54, 1.807) is 52.8 Å². The first kappa shape index (κ1) is 36.7. The number of piperazine rings is 1. The molecule has 2 amide bonds. The Balaban J connectivity index is 1.36. The number of carbonyl (C=O) groups is 2. The summed E-state index contributed by atoms with van der Waals surface area (Å²) in [6.45, 7) is 3.91. The smallest absolute Gasteiger partial charge is 0.407 e. The monoisotopic (exact) mass is 714 g/mol. The van der Waals surface area contributed by atoms with Crippen LogP contribution in [0.25, 0.3) is 0 Å². The van der Waals surface area contributed by atoms with Gasteiger partial charge in [0.2, 0.25) is 15.9 Å². The number of hydrogen-bond acceptors (Lipinski definition) is 7. The van der Waals surface area contributed by atoms with Crippen molar-refractivity contribution in [3.63, 3.8) is 0 Å². The molecule has 2 aliphatic heterocycles. The van der Waals surface area contributed by atoms with Gasteiger partial charge in [-0.25, -0.2) is 17.6 Å². The van der Waals surface area contributed by atoms with E-state index in [0.717, 1.165) is 5.56 Å². The van der Waals surface area contributed by atoms with E-state index in [2.05, 4.69) is 16.0 Å². The summed E-state index contributed by atoms with van der Waals surface area (Å²) in [5.74, 6) is -1.46. The largest absolute Gasteiger partial charge is 0.453 e. The molecule has 13 heteroatoms. The van der Waals surface area contributed by atoms with Crippen LogP contribution in [-0.4, -0.2) is 76.3 Å². The summed E-state index contributed by atoms with van der Waals surface area (Å²) in [6, 6.07) is 18.4. The van der Waals surface area contributed by atoms with Gasteiger partial charge in [-0.2, -0.15) is 4.31 Å². The molecule has 3 N–H and O–H groups in total. The van der Waals surface area contributed by atoms with Crippen LogP contribution in [0.1, 0.15) is 49.7 Å². The van der Waals surface area contributed by atoms with Gasteiger partial charge >= 0.3 is 6.09 Å². The zero-order valence-electron chi connectivity index (χ0n) is 27.7. The van der Waals surface area contributed by atoms with Crippen LogP contribution in [0.5, 0.6) is 0 Å². The molecule has 2 saturated heterocycles. The van der Waals surface area contributed by atoms with Crippen molar-refractivity contribution in [2.45, 2.75) is 68.0 Å². The number of rotatable bonds is 12. The number of anilines is 1. The van der Waals surface area contributed by atoms with E-state index in [-0.39, 0.29) is 35.0 Å². The Kier molecular flexibility index (Phi) is 12.7. The maximum atomic E-state index is 15.4. The van der Waals surface area contributed by atoms with Crippen molar-refractivity contribution in [1.29, 1.82) is 0 Å². The normalized spacial score (nSPS) is 20.2. The summed E-state index contributed by atoms with van der Waals surface area (Å²) in [7, 11) is -2.52. The van der Waals surface area contributed by atoms with E-state index in [1.165, 1.54) is 19.2 Å². The number of ether oxygens (including phenoxy) is 2. The second kappa shape index (κ2) is 16.9. The Labute approximate surface area is 292 Å². The van der Waals surface area contributed by atoms with Gasteiger partial charge in [0.15, 0.2) is 0 Å². The predicted molar refractivity (Wildman–Crippen MR) is 187 cm³/mol. The second-order valence-corrected chi connectivity index (χ2v) is 14.9. The Morgan fingerprint density at radius 2 is 1.76 bits per heavy atom. The molecule has 2 aliphatic rings. The van der Waals surface area contributed by atoms with E-state index < -0.39 is 39.8 Å². The summed E-state index contributed by atoms with van der Waals surface area (Å²) in [5, 5.41) is 9.52. The van der Waals surface area contributed by atoms with E-state index in [1.807, 2.05) is 19.1 Å². The van der Waals surface area contributed by atoms with Crippen molar-refractivity contribution in [3.8, 4) is 0 Å². The first-order valence-electron chi connectivity index (χ1n) is 16.7. The van der Waals surface area contributed by atoms with Crippen LogP contribution < -0.4 is 16.0 Å². The second-order valence-electron chi connectivity index (χ2n) is 12.6. The van der Waals surface area contributed by atoms with Gasteiger partial charge in [-0.3, -0.25) is 4.79 Å². The third-order valence-electron chi connectivity index (χ3n) is 9.40. The number of benzene rings is 3. The minimum absolute atomic E-state index is 0.00332. The molecule has 10 nitrogen and oxygen atoms in total. The van der Waals surface area contributed by atoms with Gasteiger partial charge in [0, 0.05) is 60.6 Å². The average Bonchev–Trinajstić information content (AvgIpc) is 3.10. The molecular formula is C36H44ClFN4O6S. The van der Waals surface area contributed by atoms with E-state index in [0.29, 0.717) is 62.6 Å². The third kappa shape index (κ3) is 8.98. The third-order valence-corrected chi connectivity index (χ3v) is 11.7. The van der Waals surface area contributed by atoms with Crippen molar-refractivity contribution >= 4 is 39.3 Å². The summed E-state index contributed by atoms with van der Waals surface area (Å²) in [4.78, 5) is 27.0. The molecule has 0 aromatic heterocycles. The van der Waals surface area contributed by atoms with Gasteiger partial charge in [0.25, 0.3) is 0 Å². The molecule has 3 aromatic rings. The van der Waals surface area contributed by atoms with Crippen LogP contribution >= 0.6 is 11.6 Å². The number of nitrogens with zero attached hydrogens (tertiary/aromatic N) is 1. The maximum Gasteiger partial charge on any atom is 0.407 e. The Hall–Kier alpha value is -3.55. The average molecular weight is 715 g/mol.